The summed E-state index contributed by atoms with van der Waals surface area (Å²) in [4.78, 5) is 22.4. The lowest BCUT2D eigenvalue weighted by atomic mass is 9.81. The van der Waals surface area contributed by atoms with Crippen LogP contribution >= 0.6 is 0 Å². The van der Waals surface area contributed by atoms with E-state index in [1.165, 1.54) is 0 Å². The standard InChI is InChI=1S/C13H23NO4/c1-13(2,3)18-12(17)14-8-9-5-4-6-10(7-9)11(15)16/h9-10H,4-8H2,1-3H3,(H,14,17)(H,15,16)/t9-,10?/m0/s1. The number of hydrogen-bond acceptors (Lipinski definition) is 3. The van der Waals surface area contributed by atoms with Gasteiger partial charge in [-0.3, -0.25) is 4.79 Å². The Morgan fingerprint density at radius 3 is 2.56 bits per heavy atom. The number of amides is 1. The molecule has 1 amide bonds. The molecule has 5 heteroatoms. The molecule has 0 aliphatic heterocycles. The number of rotatable bonds is 3. The van der Waals surface area contributed by atoms with E-state index in [9.17, 15) is 9.59 Å². The number of aliphatic carboxylic acids is 1. The van der Waals surface area contributed by atoms with Gasteiger partial charge in [-0.25, -0.2) is 4.79 Å². The van der Waals surface area contributed by atoms with E-state index in [-0.39, 0.29) is 11.8 Å². The van der Waals surface area contributed by atoms with Crippen LogP contribution in [-0.4, -0.2) is 29.3 Å². The molecule has 0 radical (unpaired) electrons. The van der Waals surface area contributed by atoms with Crippen molar-refractivity contribution >= 4 is 12.1 Å². The lowest BCUT2D eigenvalue weighted by molar-refractivity contribution is -0.143. The number of carbonyl (C=O) groups is 2. The summed E-state index contributed by atoms with van der Waals surface area (Å²) in [5, 5.41) is 11.7. The quantitative estimate of drug-likeness (QED) is 0.814. The van der Waals surface area contributed by atoms with Crippen molar-refractivity contribution in [2.24, 2.45) is 11.8 Å². The first-order chi connectivity index (χ1) is 8.28. The van der Waals surface area contributed by atoms with Gasteiger partial charge in [0.1, 0.15) is 5.60 Å². The van der Waals surface area contributed by atoms with E-state index in [1.807, 2.05) is 20.8 Å². The Labute approximate surface area is 108 Å². The Kier molecular flexibility index (Phi) is 4.99. The van der Waals surface area contributed by atoms with Crippen LogP contribution in [0.15, 0.2) is 0 Å². The van der Waals surface area contributed by atoms with Crippen molar-refractivity contribution in [1.82, 2.24) is 5.32 Å². The molecule has 104 valence electrons. The summed E-state index contributed by atoms with van der Waals surface area (Å²) in [6.07, 6.45) is 2.85. The van der Waals surface area contributed by atoms with Crippen LogP contribution in [0, 0.1) is 11.8 Å². The molecule has 0 aromatic carbocycles. The first kappa shape index (κ1) is 14.8. The zero-order valence-corrected chi connectivity index (χ0v) is 11.4. The predicted molar refractivity (Wildman–Crippen MR) is 67.3 cm³/mol. The molecule has 0 heterocycles. The number of alkyl carbamates (subject to hydrolysis) is 1. The van der Waals surface area contributed by atoms with E-state index in [1.54, 1.807) is 0 Å². The number of carboxylic acid groups (broad SMARTS) is 1. The fourth-order valence-corrected chi connectivity index (χ4v) is 2.24. The Hall–Kier alpha value is -1.26. The molecule has 18 heavy (non-hydrogen) atoms. The van der Waals surface area contributed by atoms with E-state index < -0.39 is 17.7 Å². The highest BCUT2D eigenvalue weighted by Crippen LogP contribution is 2.28. The summed E-state index contributed by atoms with van der Waals surface area (Å²) in [6.45, 7) is 5.94. The molecular weight excluding hydrogens is 234 g/mol. The summed E-state index contributed by atoms with van der Waals surface area (Å²) < 4.78 is 5.14. The van der Waals surface area contributed by atoms with Gasteiger partial charge >= 0.3 is 12.1 Å². The smallest absolute Gasteiger partial charge is 0.407 e. The van der Waals surface area contributed by atoms with Gasteiger partial charge in [-0.15, -0.1) is 0 Å². The average Bonchev–Trinajstić information content (AvgIpc) is 2.24. The molecule has 1 unspecified atom stereocenters. The molecule has 0 bridgehead atoms. The minimum Gasteiger partial charge on any atom is -0.481 e. The van der Waals surface area contributed by atoms with Crippen molar-refractivity contribution in [1.29, 1.82) is 0 Å². The van der Waals surface area contributed by atoms with Gasteiger partial charge in [0.25, 0.3) is 0 Å². The maximum atomic E-state index is 11.5. The number of carbonyl (C=O) groups excluding carboxylic acids is 1. The third-order valence-electron chi connectivity index (χ3n) is 3.07. The molecule has 5 nitrogen and oxygen atoms in total. The molecular formula is C13H23NO4. The topological polar surface area (TPSA) is 75.6 Å². The summed E-state index contributed by atoms with van der Waals surface area (Å²) in [7, 11) is 0. The van der Waals surface area contributed by atoms with Gasteiger partial charge in [0.15, 0.2) is 0 Å². The first-order valence-electron chi connectivity index (χ1n) is 6.47. The van der Waals surface area contributed by atoms with Crippen LogP contribution in [0.25, 0.3) is 0 Å². The third kappa shape index (κ3) is 5.38. The molecule has 1 aliphatic rings. The van der Waals surface area contributed by atoms with Crippen LogP contribution in [0.1, 0.15) is 46.5 Å². The predicted octanol–water partition coefficient (Wildman–Crippen LogP) is 2.40. The Bertz CT molecular complexity index is 309. The van der Waals surface area contributed by atoms with Crippen LogP contribution in [0.4, 0.5) is 4.79 Å². The third-order valence-corrected chi connectivity index (χ3v) is 3.07. The molecule has 1 fully saturated rings. The monoisotopic (exact) mass is 257 g/mol. The van der Waals surface area contributed by atoms with Crippen LogP contribution in [-0.2, 0) is 9.53 Å². The fraction of sp³-hybridized carbons (Fsp3) is 0.846. The largest absolute Gasteiger partial charge is 0.481 e. The van der Waals surface area contributed by atoms with Crippen molar-refractivity contribution in [3.05, 3.63) is 0 Å². The van der Waals surface area contributed by atoms with Gasteiger partial charge in [0.2, 0.25) is 0 Å². The molecule has 0 spiro atoms. The number of hydrogen-bond donors (Lipinski definition) is 2. The van der Waals surface area contributed by atoms with Gasteiger partial charge in [-0.1, -0.05) is 6.42 Å². The van der Waals surface area contributed by atoms with Crippen LogP contribution < -0.4 is 5.32 Å². The number of nitrogens with one attached hydrogen (secondary N) is 1. The van der Waals surface area contributed by atoms with Gasteiger partial charge < -0.3 is 15.2 Å². The molecule has 2 N–H and O–H groups in total. The Balaban J connectivity index is 2.31. The van der Waals surface area contributed by atoms with Crippen LogP contribution in [0.5, 0.6) is 0 Å². The molecule has 1 rings (SSSR count). The van der Waals surface area contributed by atoms with E-state index in [0.717, 1.165) is 19.3 Å². The molecule has 0 aromatic rings. The van der Waals surface area contributed by atoms with Gasteiger partial charge in [0.05, 0.1) is 5.92 Å². The lowest BCUT2D eigenvalue weighted by Crippen LogP contribution is -2.37. The zero-order valence-electron chi connectivity index (χ0n) is 11.4. The maximum Gasteiger partial charge on any atom is 0.407 e. The van der Waals surface area contributed by atoms with Gasteiger partial charge in [-0.05, 0) is 46.0 Å². The van der Waals surface area contributed by atoms with Crippen molar-refractivity contribution in [2.45, 2.75) is 52.1 Å². The van der Waals surface area contributed by atoms with E-state index in [4.69, 9.17) is 9.84 Å². The average molecular weight is 257 g/mol. The summed E-state index contributed by atoms with van der Waals surface area (Å²) in [5.74, 6) is -0.742. The minimum absolute atomic E-state index is 0.243. The number of ether oxygens (including phenoxy) is 1. The fourth-order valence-electron chi connectivity index (χ4n) is 2.24. The second kappa shape index (κ2) is 6.07. The highest BCUT2D eigenvalue weighted by molar-refractivity contribution is 5.70. The summed E-state index contributed by atoms with van der Waals surface area (Å²) >= 11 is 0. The highest BCUT2D eigenvalue weighted by Gasteiger charge is 2.27. The normalized spacial score (nSPS) is 24.4. The SMILES string of the molecule is CC(C)(C)OC(=O)NC[C@H]1CCCC(C(=O)O)C1. The van der Waals surface area contributed by atoms with Crippen molar-refractivity contribution in [3.63, 3.8) is 0 Å². The van der Waals surface area contributed by atoms with Crippen molar-refractivity contribution < 1.29 is 19.4 Å². The molecule has 2 atom stereocenters. The number of carboxylic acids is 1. The van der Waals surface area contributed by atoms with Crippen LogP contribution in [0.3, 0.4) is 0 Å². The first-order valence-corrected chi connectivity index (χ1v) is 6.47. The van der Waals surface area contributed by atoms with Crippen LogP contribution in [0.2, 0.25) is 0 Å². The lowest BCUT2D eigenvalue weighted by Gasteiger charge is -2.27. The maximum absolute atomic E-state index is 11.5. The summed E-state index contributed by atoms with van der Waals surface area (Å²) in [6, 6.07) is 0. The van der Waals surface area contributed by atoms with Gasteiger partial charge in [0, 0.05) is 6.54 Å². The van der Waals surface area contributed by atoms with E-state index >= 15 is 0 Å². The van der Waals surface area contributed by atoms with Crippen molar-refractivity contribution in [2.75, 3.05) is 6.54 Å². The second-order valence-electron chi connectivity index (χ2n) is 5.95. The van der Waals surface area contributed by atoms with E-state index in [2.05, 4.69) is 5.32 Å². The Morgan fingerprint density at radius 1 is 1.33 bits per heavy atom. The zero-order chi connectivity index (χ0) is 13.8. The minimum atomic E-state index is -0.725. The van der Waals surface area contributed by atoms with Crippen molar-refractivity contribution in [3.8, 4) is 0 Å². The molecule has 1 saturated carbocycles. The second-order valence-corrected chi connectivity index (χ2v) is 5.95. The summed E-state index contributed by atoms with van der Waals surface area (Å²) in [5.41, 5.74) is -0.500. The van der Waals surface area contributed by atoms with Gasteiger partial charge in [-0.2, -0.15) is 0 Å². The Morgan fingerprint density at radius 2 is 2.00 bits per heavy atom. The van der Waals surface area contributed by atoms with E-state index in [0.29, 0.717) is 13.0 Å². The molecule has 0 aromatic heterocycles. The highest BCUT2D eigenvalue weighted by atomic mass is 16.6. The molecule has 0 saturated heterocycles. The molecule has 1 aliphatic carbocycles.